The van der Waals surface area contributed by atoms with E-state index < -0.39 is 0 Å². The Balaban J connectivity index is 1.04. The summed E-state index contributed by atoms with van der Waals surface area (Å²) in [5, 5.41) is 5.20. The van der Waals surface area contributed by atoms with Gasteiger partial charge in [0.05, 0.1) is 11.1 Å². The van der Waals surface area contributed by atoms with Crippen molar-refractivity contribution in [1.29, 1.82) is 0 Å². The van der Waals surface area contributed by atoms with Gasteiger partial charge in [-0.2, -0.15) is 4.98 Å². The molecule has 3 heterocycles. The van der Waals surface area contributed by atoms with Crippen molar-refractivity contribution in [2.24, 2.45) is 0 Å². The Morgan fingerprint density at radius 3 is 2.54 bits per heavy atom. The van der Waals surface area contributed by atoms with Gasteiger partial charge in [0.15, 0.2) is 0 Å². The van der Waals surface area contributed by atoms with Gasteiger partial charge in [-0.1, -0.05) is 60.5 Å². The Morgan fingerprint density at radius 1 is 0.971 bits per heavy atom. The third-order valence-corrected chi connectivity index (χ3v) is 7.26. The summed E-state index contributed by atoms with van der Waals surface area (Å²) < 4.78 is 5.53. The van der Waals surface area contributed by atoms with Crippen LogP contribution in [0.25, 0.3) is 22.3 Å². The zero-order valence-corrected chi connectivity index (χ0v) is 19.8. The van der Waals surface area contributed by atoms with Crippen LogP contribution in [0.3, 0.4) is 0 Å². The third-order valence-electron chi connectivity index (χ3n) is 7.26. The van der Waals surface area contributed by atoms with Gasteiger partial charge in [0, 0.05) is 55.8 Å². The summed E-state index contributed by atoms with van der Waals surface area (Å²) in [6, 6.07) is 18.3. The summed E-state index contributed by atoms with van der Waals surface area (Å²) >= 11 is 0. The highest BCUT2D eigenvalue weighted by Gasteiger charge is 2.24. The van der Waals surface area contributed by atoms with E-state index in [0.717, 1.165) is 67.9 Å². The van der Waals surface area contributed by atoms with Crippen LogP contribution in [0.5, 0.6) is 0 Å². The lowest BCUT2D eigenvalue weighted by atomic mass is 10.1. The van der Waals surface area contributed by atoms with Crippen molar-refractivity contribution in [3.63, 3.8) is 0 Å². The number of amides is 1. The second-order valence-corrected chi connectivity index (χ2v) is 9.62. The SMILES string of the molecule is O=C(c1cnc2ccccc2c1)N1CCN(Cc2ccc(-c3noc(C4CCCC4)n3)cc2)CC1. The van der Waals surface area contributed by atoms with Gasteiger partial charge in [-0.15, -0.1) is 0 Å². The standard InChI is InChI=1S/C28H29N5O2/c34-28(24-17-23-7-3-4-8-25(23)29-18-24)33-15-13-32(14-16-33)19-20-9-11-21(12-10-20)26-30-27(35-31-26)22-5-1-2-6-22/h3-4,7-12,17-18,22H,1-2,5-6,13-16,19H2. The monoisotopic (exact) mass is 467 g/mol. The van der Waals surface area contributed by atoms with Gasteiger partial charge >= 0.3 is 0 Å². The molecular weight excluding hydrogens is 438 g/mol. The number of benzene rings is 2. The molecule has 7 heteroatoms. The van der Waals surface area contributed by atoms with E-state index in [1.54, 1.807) is 6.20 Å². The molecule has 4 aromatic rings. The molecule has 1 saturated heterocycles. The summed E-state index contributed by atoms with van der Waals surface area (Å²) in [7, 11) is 0. The molecular formula is C28H29N5O2. The highest BCUT2D eigenvalue weighted by atomic mass is 16.5. The molecule has 1 aliphatic carbocycles. The van der Waals surface area contributed by atoms with Gasteiger partial charge in [-0.25, -0.2) is 0 Å². The summed E-state index contributed by atoms with van der Waals surface area (Å²) in [4.78, 5) is 26.4. The number of nitrogens with zero attached hydrogens (tertiary/aromatic N) is 5. The van der Waals surface area contributed by atoms with Gasteiger partial charge in [0.2, 0.25) is 11.7 Å². The first-order valence-corrected chi connectivity index (χ1v) is 12.5. The number of aromatic nitrogens is 3. The molecule has 35 heavy (non-hydrogen) atoms. The Labute approximate surface area is 204 Å². The van der Waals surface area contributed by atoms with Gasteiger partial charge < -0.3 is 9.42 Å². The minimum absolute atomic E-state index is 0.0596. The topological polar surface area (TPSA) is 75.4 Å². The Bertz CT molecular complexity index is 1320. The van der Waals surface area contributed by atoms with Crippen molar-refractivity contribution < 1.29 is 9.32 Å². The summed E-state index contributed by atoms with van der Waals surface area (Å²) in [5.41, 5.74) is 3.80. The normalized spacial score (nSPS) is 17.3. The molecule has 0 bridgehead atoms. The number of fused-ring (bicyclic) bond motifs is 1. The van der Waals surface area contributed by atoms with Crippen molar-refractivity contribution >= 4 is 16.8 Å². The van der Waals surface area contributed by atoms with Crippen LogP contribution in [0.15, 0.2) is 65.3 Å². The van der Waals surface area contributed by atoms with Crippen molar-refractivity contribution in [3.05, 3.63) is 77.8 Å². The largest absolute Gasteiger partial charge is 0.339 e. The molecule has 2 fully saturated rings. The quantitative estimate of drug-likeness (QED) is 0.416. The fourth-order valence-electron chi connectivity index (χ4n) is 5.19. The van der Waals surface area contributed by atoms with Crippen molar-refractivity contribution in [3.8, 4) is 11.4 Å². The molecule has 0 atom stereocenters. The van der Waals surface area contributed by atoms with E-state index in [1.807, 2.05) is 35.2 Å². The first kappa shape index (κ1) is 21.9. The molecule has 2 aromatic carbocycles. The zero-order chi connectivity index (χ0) is 23.6. The van der Waals surface area contributed by atoms with Gasteiger partial charge in [-0.3, -0.25) is 14.7 Å². The average molecular weight is 468 g/mol. The second-order valence-electron chi connectivity index (χ2n) is 9.62. The molecule has 0 spiro atoms. The third kappa shape index (κ3) is 4.68. The van der Waals surface area contributed by atoms with E-state index in [1.165, 1.54) is 18.4 Å². The van der Waals surface area contributed by atoms with E-state index in [-0.39, 0.29) is 5.91 Å². The van der Waals surface area contributed by atoms with Crippen molar-refractivity contribution in [2.45, 2.75) is 38.1 Å². The molecule has 2 aliphatic rings. The highest BCUT2D eigenvalue weighted by Crippen LogP contribution is 2.33. The maximum atomic E-state index is 13.0. The molecule has 1 saturated carbocycles. The molecule has 7 nitrogen and oxygen atoms in total. The van der Waals surface area contributed by atoms with E-state index in [2.05, 4.69) is 44.3 Å². The smallest absolute Gasteiger partial charge is 0.255 e. The Morgan fingerprint density at radius 2 is 1.74 bits per heavy atom. The summed E-state index contributed by atoms with van der Waals surface area (Å²) in [6.45, 7) is 4.00. The van der Waals surface area contributed by atoms with Crippen LogP contribution in [-0.2, 0) is 6.54 Å². The molecule has 6 rings (SSSR count). The molecule has 1 aliphatic heterocycles. The van der Waals surface area contributed by atoms with Gasteiger partial charge in [0.25, 0.3) is 5.91 Å². The fraction of sp³-hybridized carbons (Fsp3) is 0.357. The first-order valence-electron chi connectivity index (χ1n) is 12.5. The average Bonchev–Trinajstić information content (AvgIpc) is 3.62. The van der Waals surface area contributed by atoms with Crippen LogP contribution in [-0.4, -0.2) is 57.0 Å². The lowest BCUT2D eigenvalue weighted by Crippen LogP contribution is -2.48. The highest BCUT2D eigenvalue weighted by molar-refractivity contribution is 5.97. The number of carbonyl (C=O) groups is 1. The zero-order valence-electron chi connectivity index (χ0n) is 19.8. The van der Waals surface area contributed by atoms with Crippen LogP contribution < -0.4 is 0 Å². The van der Waals surface area contributed by atoms with Crippen LogP contribution in [0.4, 0.5) is 0 Å². The maximum absolute atomic E-state index is 13.0. The number of hydrogen-bond donors (Lipinski definition) is 0. The van der Waals surface area contributed by atoms with Gasteiger partial charge in [0.1, 0.15) is 0 Å². The Kier molecular flexibility index (Phi) is 6.00. The molecule has 0 unspecified atom stereocenters. The molecule has 1 amide bonds. The van der Waals surface area contributed by atoms with Crippen molar-refractivity contribution in [2.75, 3.05) is 26.2 Å². The second kappa shape index (κ2) is 9.58. The van der Waals surface area contributed by atoms with Crippen LogP contribution >= 0.6 is 0 Å². The van der Waals surface area contributed by atoms with Crippen molar-refractivity contribution in [1.82, 2.24) is 24.9 Å². The maximum Gasteiger partial charge on any atom is 0.255 e. The lowest BCUT2D eigenvalue weighted by molar-refractivity contribution is 0.0628. The number of carbonyl (C=O) groups excluding carboxylic acids is 1. The number of rotatable bonds is 5. The lowest BCUT2D eigenvalue weighted by Gasteiger charge is -2.34. The Hall–Kier alpha value is -3.58. The predicted octanol–water partition coefficient (Wildman–Crippen LogP) is 4.90. The molecule has 2 aromatic heterocycles. The molecule has 0 radical (unpaired) electrons. The number of pyridine rings is 1. The fourth-order valence-corrected chi connectivity index (χ4v) is 5.19. The minimum atomic E-state index is 0.0596. The van der Waals surface area contributed by atoms with Crippen LogP contribution in [0.1, 0.15) is 53.4 Å². The van der Waals surface area contributed by atoms with E-state index in [9.17, 15) is 4.79 Å². The summed E-state index contributed by atoms with van der Waals surface area (Å²) in [6.07, 6.45) is 6.50. The number of piperazine rings is 1. The van der Waals surface area contributed by atoms with Crippen LogP contribution in [0, 0.1) is 0 Å². The van der Waals surface area contributed by atoms with Gasteiger partial charge in [-0.05, 0) is 30.5 Å². The molecule has 178 valence electrons. The van der Waals surface area contributed by atoms with E-state index in [0.29, 0.717) is 17.3 Å². The predicted molar refractivity (Wildman–Crippen MR) is 134 cm³/mol. The number of hydrogen-bond acceptors (Lipinski definition) is 6. The number of para-hydroxylation sites is 1. The first-order chi connectivity index (χ1) is 17.2. The van der Waals surface area contributed by atoms with E-state index in [4.69, 9.17) is 4.52 Å². The summed E-state index contributed by atoms with van der Waals surface area (Å²) in [5.74, 6) is 1.95. The minimum Gasteiger partial charge on any atom is -0.339 e. The van der Waals surface area contributed by atoms with E-state index >= 15 is 0 Å². The van der Waals surface area contributed by atoms with Crippen LogP contribution in [0.2, 0.25) is 0 Å². The molecule has 0 N–H and O–H groups in total.